The monoisotopic (exact) mass is 1430 g/mol. The lowest BCUT2D eigenvalue weighted by Gasteiger charge is -2.25. The standard InChI is InChI=1S/C47H31N3S.C36H22BrNS.C11H10N2.CH4/c1-2-14-36(15-3-1)49(39-17-10-26-48-31-39)37-16-9-13-34(28-37)32-11-8-12-33(27-32)35-22-24-41-40-18-4-6-20-44(40)50(45(41)29-35)38-23-25-47-43(30-38)42-19-5-7-21-46(42)51-47;37-27-10-6-9-25(20-27)23-7-5-8-24(19-23)26-15-17-30-29-11-1-3-13-33(29)38(34(30)21-26)28-16-18-36-32(22-28)31-12-2-4-14-35(31)39-36;1-2-5-10(6-3-1)13-11-7-4-8-12-9-11;/h1-31H;1-22H;1-9,13H;1H4. The Morgan fingerprint density at radius 1 is 0.269 bits per heavy atom. The lowest BCUT2D eigenvalue weighted by Crippen LogP contribution is -2.10. The van der Waals surface area contributed by atoms with Gasteiger partial charge in [-0.1, -0.05) is 217 Å². The summed E-state index contributed by atoms with van der Waals surface area (Å²) < 4.78 is 11.2. The van der Waals surface area contributed by atoms with E-state index in [4.69, 9.17) is 0 Å². The van der Waals surface area contributed by atoms with Gasteiger partial charge in [-0.2, -0.15) is 0 Å². The van der Waals surface area contributed by atoms with Crippen molar-refractivity contribution in [3.63, 3.8) is 0 Å². The molecule has 0 unspecified atom stereocenters. The zero-order valence-electron chi connectivity index (χ0n) is 55.7. The Morgan fingerprint density at radius 3 is 1.19 bits per heavy atom. The van der Waals surface area contributed by atoms with Gasteiger partial charge in [0.05, 0.1) is 45.8 Å². The van der Waals surface area contributed by atoms with Crippen molar-refractivity contribution in [1.29, 1.82) is 0 Å². The van der Waals surface area contributed by atoms with Crippen LogP contribution in [0.3, 0.4) is 0 Å². The lowest BCUT2D eigenvalue weighted by molar-refractivity contribution is 1.19. The highest BCUT2D eigenvalue weighted by atomic mass is 79.9. The van der Waals surface area contributed by atoms with Crippen LogP contribution in [0.2, 0.25) is 0 Å². The van der Waals surface area contributed by atoms with Crippen molar-refractivity contribution in [1.82, 2.24) is 19.1 Å². The number of rotatable bonds is 11. The second kappa shape index (κ2) is 28.5. The Labute approximate surface area is 620 Å². The van der Waals surface area contributed by atoms with Crippen LogP contribution < -0.4 is 10.2 Å². The molecular weight excluding hydrogens is 1370 g/mol. The van der Waals surface area contributed by atoms with Crippen LogP contribution in [0.15, 0.2) is 381 Å². The number of pyridine rings is 2. The van der Waals surface area contributed by atoms with Gasteiger partial charge in [0.25, 0.3) is 0 Å². The zero-order chi connectivity index (χ0) is 68.6. The molecule has 0 aliphatic heterocycles. The maximum Gasteiger partial charge on any atom is 0.0644 e. The third kappa shape index (κ3) is 12.6. The summed E-state index contributed by atoms with van der Waals surface area (Å²) in [4.78, 5) is 10.7. The van der Waals surface area contributed by atoms with E-state index in [0.29, 0.717) is 0 Å². The minimum Gasteiger partial charge on any atom is -0.354 e. The van der Waals surface area contributed by atoms with Crippen molar-refractivity contribution in [3.8, 4) is 55.9 Å². The van der Waals surface area contributed by atoms with Gasteiger partial charge in [0, 0.05) is 107 Å². The third-order valence-electron chi connectivity index (χ3n) is 19.2. The van der Waals surface area contributed by atoms with E-state index < -0.39 is 0 Å². The highest BCUT2D eigenvalue weighted by Crippen LogP contribution is 2.43. The van der Waals surface area contributed by atoms with Gasteiger partial charge >= 0.3 is 0 Å². The number of hydrogen-bond acceptors (Lipinski definition) is 6. The van der Waals surface area contributed by atoms with Gasteiger partial charge in [0.1, 0.15) is 0 Å². The first-order valence-electron chi connectivity index (χ1n) is 34.4. The number of nitrogens with zero attached hydrogens (tertiary/aromatic N) is 5. The molecule has 496 valence electrons. The maximum absolute atomic E-state index is 4.42. The topological polar surface area (TPSA) is 50.9 Å². The summed E-state index contributed by atoms with van der Waals surface area (Å²) in [5.74, 6) is 0. The fourth-order valence-corrected chi connectivity index (χ4v) is 17.0. The number of halogens is 1. The highest BCUT2D eigenvalue weighted by Gasteiger charge is 2.19. The van der Waals surface area contributed by atoms with Crippen molar-refractivity contribution in [3.05, 3.63) is 381 Å². The molecule has 0 bridgehead atoms. The minimum absolute atomic E-state index is 0. The molecule has 0 radical (unpaired) electrons. The Balaban J connectivity index is 0.000000133. The Kier molecular flexibility index (Phi) is 17.8. The van der Waals surface area contributed by atoms with Crippen molar-refractivity contribution in [2.75, 3.05) is 10.2 Å². The molecular formula is C95H67BrN6S2. The molecule has 0 aliphatic carbocycles. The van der Waals surface area contributed by atoms with Crippen LogP contribution in [0.5, 0.6) is 0 Å². The van der Waals surface area contributed by atoms with Crippen molar-refractivity contribution < 1.29 is 0 Å². The molecule has 6 aromatic heterocycles. The van der Waals surface area contributed by atoms with Crippen LogP contribution in [-0.2, 0) is 0 Å². The van der Waals surface area contributed by atoms with Gasteiger partial charge in [-0.25, -0.2) is 0 Å². The van der Waals surface area contributed by atoms with Crippen molar-refractivity contribution in [2.45, 2.75) is 7.43 Å². The lowest BCUT2D eigenvalue weighted by atomic mass is 9.97. The summed E-state index contributed by atoms with van der Waals surface area (Å²) in [7, 11) is 0. The molecule has 0 fully saturated rings. The number of thiophene rings is 2. The smallest absolute Gasteiger partial charge is 0.0644 e. The average molecular weight is 1440 g/mol. The molecule has 0 saturated carbocycles. The zero-order valence-corrected chi connectivity index (χ0v) is 58.9. The summed E-state index contributed by atoms with van der Waals surface area (Å²) in [5.41, 5.74) is 22.1. The number of anilines is 5. The van der Waals surface area contributed by atoms with Gasteiger partial charge < -0.3 is 19.4 Å². The van der Waals surface area contributed by atoms with E-state index in [2.05, 4.69) is 343 Å². The number of benzene rings is 14. The number of para-hydroxylation sites is 4. The largest absolute Gasteiger partial charge is 0.354 e. The number of nitrogens with one attached hydrogen (secondary N) is 1. The second-order valence-corrected chi connectivity index (χ2v) is 28.6. The molecule has 0 spiro atoms. The van der Waals surface area contributed by atoms with Crippen LogP contribution in [-0.4, -0.2) is 19.1 Å². The first-order chi connectivity index (χ1) is 51.0. The summed E-state index contributed by atoms with van der Waals surface area (Å²) in [6.07, 6.45) is 7.29. The molecule has 20 rings (SSSR count). The highest BCUT2D eigenvalue weighted by molar-refractivity contribution is 9.10. The molecule has 1 N–H and O–H groups in total. The van der Waals surface area contributed by atoms with E-state index in [0.717, 1.165) is 38.5 Å². The van der Waals surface area contributed by atoms with Crippen LogP contribution in [0.4, 0.5) is 28.4 Å². The molecule has 0 aliphatic rings. The minimum atomic E-state index is 0. The molecule has 104 heavy (non-hydrogen) atoms. The fourth-order valence-electron chi connectivity index (χ4n) is 14.4. The van der Waals surface area contributed by atoms with Gasteiger partial charge in [0.15, 0.2) is 0 Å². The van der Waals surface area contributed by atoms with E-state index in [9.17, 15) is 0 Å². The van der Waals surface area contributed by atoms with E-state index >= 15 is 0 Å². The van der Waals surface area contributed by atoms with Crippen LogP contribution in [0.1, 0.15) is 7.43 Å². The van der Waals surface area contributed by atoms with E-state index in [1.54, 1.807) is 12.4 Å². The van der Waals surface area contributed by atoms with Gasteiger partial charge in [0.2, 0.25) is 0 Å². The molecule has 9 heteroatoms. The molecule has 14 aromatic carbocycles. The van der Waals surface area contributed by atoms with Gasteiger partial charge in [-0.05, 0) is 202 Å². The third-order valence-corrected chi connectivity index (χ3v) is 22.0. The second-order valence-electron chi connectivity index (χ2n) is 25.6. The molecule has 6 nitrogen and oxygen atoms in total. The number of hydrogen-bond donors (Lipinski definition) is 1. The van der Waals surface area contributed by atoms with Crippen molar-refractivity contribution >= 4 is 151 Å². The molecule has 0 saturated heterocycles. The van der Waals surface area contributed by atoms with Gasteiger partial charge in [-0.3, -0.25) is 9.97 Å². The number of fused-ring (bicyclic) bond motifs is 12. The SMILES string of the molecule is Brc1cccc(-c2cccc(-c3ccc4c5ccccc5n(-c5ccc6sc7ccccc7c6c5)c4c3)c2)c1.C.c1ccc(N(c2cccnc2)c2cccc(-c3cccc(-c4ccc5c6ccccc6n(-c6ccc7sc8ccccc8c7c6)c5c4)c3)c2)cc1.c1ccc(Nc2cccnc2)cc1. The van der Waals surface area contributed by atoms with E-state index in [1.807, 2.05) is 89.7 Å². The summed E-state index contributed by atoms with van der Waals surface area (Å²) in [6, 6.07) is 126. The van der Waals surface area contributed by atoms with Crippen LogP contribution in [0.25, 0.3) is 140 Å². The summed E-state index contributed by atoms with van der Waals surface area (Å²) >= 11 is 7.34. The quantitative estimate of drug-likeness (QED) is 0.140. The average Bonchev–Trinajstić information content (AvgIpc) is 1.58. The van der Waals surface area contributed by atoms with Crippen LogP contribution in [0, 0.1) is 0 Å². The first-order valence-corrected chi connectivity index (χ1v) is 36.8. The molecule has 20 aromatic rings. The van der Waals surface area contributed by atoms with Gasteiger partial charge in [-0.15, -0.1) is 22.7 Å². The maximum atomic E-state index is 4.42. The Bertz CT molecular complexity index is 6420. The van der Waals surface area contributed by atoms with E-state index in [1.165, 1.54) is 134 Å². The predicted octanol–water partition coefficient (Wildman–Crippen LogP) is 28.1. The van der Waals surface area contributed by atoms with Crippen LogP contribution >= 0.6 is 38.6 Å². The summed E-state index contributed by atoms with van der Waals surface area (Å²) in [6.45, 7) is 0. The fraction of sp³-hybridized carbons (Fsp3) is 0.0105. The number of aromatic nitrogens is 4. The molecule has 0 amide bonds. The molecule has 6 heterocycles. The van der Waals surface area contributed by atoms with E-state index in [-0.39, 0.29) is 7.43 Å². The Hall–Kier alpha value is -12.5. The first kappa shape index (κ1) is 64.8. The van der Waals surface area contributed by atoms with Crippen molar-refractivity contribution in [2.24, 2.45) is 0 Å². The predicted molar refractivity (Wildman–Crippen MR) is 450 cm³/mol. The summed E-state index contributed by atoms with van der Waals surface area (Å²) in [5, 5.41) is 13.6. The normalized spacial score (nSPS) is 11.2. The molecule has 0 atom stereocenters. The Morgan fingerprint density at radius 2 is 0.673 bits per heavy atom.